The lowest BCUT2D eigenvalue weighted by molar-refractivity contribution is -0.142. The molecule has 1 amide bonds. The lowest BCUT2D eigenvalue weighted by Crippen LogP contribution is -2.45. The number of rotatable bonds is 5. The lowest BCUT2D eigenvalue weighted by Gasteiger charge is -2.17. The highest BCUT2D eigenvalue weighted by molar-refractivity contribution is 5.89. The molecule has 1 aliphatic rings. The second-order valence-electron chi connectivity index (χ2n) is 3.76. The van der Waals surface area contributed by atoms with Crippen LogP contribution in [0.4, 0.5) is 0 Å². The van der Waals surface area contributed by atoms with E-state index in [0.29, 0.717) is 13.0 Å². The first-order chi connectivity index (χ1) is 6.55. The molecule has 0 heterocycles. The fourth-order valence-electron chi connectivity index (χ4n) is 1.32. The molecule has 0 aromatic rings. The van der Waals surface area contributed by atoms with Crippen molar-refractivity contribution in [3.63, 3.8) is 0 Å². The van der Waals surface area contributed by atoms with Crippen LogP contribution in [0.15, 0.2) is 0 Å². The van der Waals surface area contributed by atoms with E-state index in [1.54, 1.807) is 6.92 Å². The fraction of sp³-hybridized carbons (Fsp3) is 0.778. The van der Waals surface area contributed by atoms with Crippen molar-refractivity contribution < 1.29 is 14.7 Å². The van der Waals surface area contributed by atoms with Gasteiger partial charge in [0, 0.05) is 6.54 Å². The number of hydrogen-bond acceptors (Lipinski definition) is 3. The number of carboxylic acid groups (broad SMARTS) is 1. The number of aliphatic carboxylic acids is 1. The summed E-state index contributed by atoms with van der Waals surface area (Å²) in [7, 11) is 0. The monoisotopic (exact) mass is 200 g/mol. The fourth-order valence-corrected chi connectivity index (χ4v) is 1.32. The van der Waals surface area contributed by atoms with Gasteiger partial charge in [0.1, 0.15) is 6.04 Å². The Hall–Kier alpha value is -1.10. The van der Waals surface area contributed by atoms with E-state index in [1.165, 1.54) is 0 Å². The Morgan fingerprint density at radius 2 is 2.14 bits per heavy atom. The number of amides is 1. The quantitative estimate of drug-likeness (QED) is 0.568. The average Bonchev–Trinajstić information content (AvgIpc) is 2.93. The third-order valence-corrected chi connectivity index (χ3v) is 2.74. The second-order valence-corrected chi connectivity index (χ2v) is 3.76. The molecule has 0 radical (unpaired) electrons. The molecule has 0 aromatic carbocycles. The van der Waals surface area contributed by atoms with E-state index >= 15 is 0 Å². The molecule has 0 aromatic heterocycles. The molecule has 5 nitrogen and oxygen atoms in total. The molecule has 0 saturated heterocycles. The predicted octanol–water partition coefficient (Wildman–Crippen LogP) is -0.295. The summed E-state index contributed by atoms with van der Waals surface area (Å²) in [6.07, 6.45) is 1.93. The molecule has 1 aliphatic carbocycles. The highest BCUT2D eigenvalue weighted by Gasteiger charge is 2.49. The van der Waals surface area contributed by atoms with E-state index in [4.69, 9.17) is 10.8 Å². The minimum atomic E-state index is -0.992. The van der Waals surface area contributed by atoms with Crippen molar-refractivity contribution in [3.05, 3.63) is 0 Å². The van der Waals surface area contributed by atoms with Crippen LogP contribution in [0.2, 0.25) is 0 Å². The van der Waals surface area contributed by atoms with Gasteiger partial charge in [-0.2, -0.15) is 0 Å². The Labute approximate surface area is 82.7 Å². The molecule has 1 saturated carbocycles. The molecule has 14 heavy (non-hydrogen) atoms. The van der Waals surface area contributed by atoms with Crippen LogP contribution in [0.1, 0.15) is 26.2 Å². The van der Waals surface area contributed by atoms with E-state index in [9.17, 15) is 9.59 Å². The molecule has 1 atom stereocenters. The Bertz CT molecular complexity index is 248. The summed E-state index contributed by atoms with van der Waals surface area (Å²) in [5, 5.41) is 11.2. The number of nitrogens with one attached hydrogen (secondary N) is 1. The van der Waals surface area contributed by atoms with Crippen molar-refractivity contribution in [2.75, 3.05) is 6.54 Å². The molecule has 80 valence electrons. The zero-order valence-corrected chi connectivity index (χ0v) is 8.25. The summed E-state index contributed by atoms with van der Waals surface area (Å²) < 4.78 is 0. The van der Waals surface area contributed by atoms with Crippen molar-refractivity contribution >= 4 is 11.9 Å². The van der Waals surface area contributed by atoms with Crippen LogP contribution in [0.25, 0.3) is 0 Å². The van der Waals surface area contributed by atoms with Crippen molar-refractivity contribution in [1.82, 2.24) is 5.32 Å². The first-order valence-electron chi connectivity index (χ1n) is 4.79. The lowest BCUT2D eigenvalue weighted by atomic mass is 10.1. The minimum absolute atomic E-state index is 0.214. The molecule has 1 fully saturated rings. The smallest absolute Gasteiger partial charge is 0.326 e. The summed E-state index contributed by atoms with van der Waals surface area (Å²) >= 11 is 0. The van der Waals surface area contributed by atoms with Gasteiger partial charge in [0.05, 0.1) is 5.41 Å². The number of carbonyl (C=O) groups excluding carboxylic acids is 1. The van der Waals surface area contributed by atoms with Crippen molar-refractivity contribution in [1.29, 1.82) is 0 Å². The summed E-state index contributed by atoms with van der Waals surface area (Å²) in [5.74, 6) is -1.21. The standard InChI is InChI=1S/C9H16N2O3/c1-2-6(7(12)13)11-8(14)9(5-10)3-4-9/h6H,2-5,10H2,1H3,(H,11,14)(H,12,13)/t6-/m0/s1. The SMILES string of the molecule is CC[C@H](NC(=O)C1(CN)CC1)C(=O)O. The molecule has 0 aliphatic heterocycles. The van der Waals surface area contributed by atoms with Gasteiger partial charge in [0.2, 0.25) is 5.91 Å². The summed E-state index contributed by atoms with van der Waals surface area (Å²) in [6, 6.07) is -0.786. The second kappa shape index (κ2) is 3.96. The van der Waals surface area contributed by atoms with Gasteiger partial charge < -0.3 is 16.2 Å². The van der Waals surface area contributed by atoms with Gasteiger partial charge in [-0.1, -0.05) is 6.92 Å². The van der Waals surface area contributed by atoms with Crippen LogP contribution >= 0.6 is 0 Å². The van der Waals surface area contributed by atoms with Gasteiger partial charge in [-0.25, -0.2) is 4.79 Å². The largest absolute Gasteiger partial charge is 0.480 e. The molecular weight excluding hydrogens is 184 g/mol. The average molecular weight is 200 g/mol. The van der Waals surface area contributed by atoms with Crippen molar-refractivity contribution in [2.45, 2.75) is 32.2 Å². The van der Waals surface area contributed by atoms with Gasteiger partial charge in [-0.15, -0.1) is 0 Å². The normalized spacial score (nSPS) is 19.9. The van der Waals surface area contributed by atoms with Gasteiger partial charge in [0.15, 0.2) is 0 Å². The van der Waals surface area contributed by atoms with E-state index in [-0.39, 0.29) is 5.91 Å². The van der Waals surface area contributed by atoms with E-state index in [2.05, 4.69) is 5.32 Å². The molecule has 0 bridgehead atoms. The third-order valence-electron chi connectivity index (χ3n) is 2.74. The zero-order chi connectivity index (χ0) is 10.8. The Balaban J connectivity index is 2.51. The third kappa shape index (κ3) is 2.04. The van der Waals surface area contributed by atoms with Gasteiger partial charge in [0.25, 0.3) is 0 Å². The maximum atomic E-state index is 11.6. The van der Waals surface area contributed by atoms with E-state index in [0.717, 1.165) is 12.8 Å². The number of carbonyl (C=O) groups is 2. The molecule has 5 heteroatoms. The zero-order valence-electron chi connectivity index (χ0n) is 8.25. The van der Waals surface area contributed by atoms with Crippen molar-refractivity contribution in [2.24, 2.45) is 11.1 Å². The Kier molecular flexibility index (Phi) is 3.10. The van der Waals surface area contributed by atoms with Crippen LogP contribution in [0, 0.1) is 5.41 Å². The highest BCUT2D eigenvalue weighted by atomic mass is 16.4. The Morgan fingerprint density at radius 3 is 2.43 bits per heavy atom. The predicted molar refractivity (Wildman–Crippen MR) is 50.6 cm³/mol. The van der Waals surface area contributed by atoms with Crippen LogP contribution < -0.4 is 11.1 Å². The summed E-state index contributed by atoms with van der Waals surface area (Å²) in [5.41, 5.74) is 4.99. The van der Waals surface area contributed by atoms with Crippen molar-refractivity contribution in [3.8, 4) is 0 Å². The van der Waals surface area contributed by atoms with Crippen LogP contribution in [0.3, 0.4) is 0 Å². The van der Waals surface area contributed by atoms with Gasteiger partial charge in [-0.3, -0.25) is 4.79 Å². The first-order valence-corrected chi connectivity index (χ1v) is 4.79. The highest BCUT2D eigenvalue weighted by Crippen LogP contribution is 2.44. The van der Waals surface area contributed by atoms with Crippen LogP contribution in [-0.4, -0.2) is 29.6 Å². The number of hydrogen-bond donors (Lipinski definition) is 3. The summed E-state index contributed by atoms with van der Waals surface area (Å²) in [4.78, 5) is 22.2. The first kappa shape index (κ1) is 11.0. The molecule has 0 unspecified atom stereocenters. The molecule has 1 rings (SSSR count). The number of carboxylic acids is 1. The Morgan fingerprint density at radius 1 is 1.57 bits per heavy atom. The van der Waals surface area contributed by atoms with Gasteiger partial charge in [-0.05, 0) is 19.3 Å². The minimum Gasteiger partial charge on any atom is -0.480 e. The number of nitrogens with two attached hydrogens (primary N) is 1. The van der Waals surface area contributed by atoms with Gasteiger partial charge >= 0.3 is 5.97 Å². The maximum absolute atomic E-state index is 11.6. The van der Waals surface area contributed by atoms with Crippen LogP contribution in [0.5, 0.6) is 0 Å². The van der Waals surface area contributed by atoms with E-state index in [1.807, 2.05) is 0 Å². The summed E-state index contributed by atoms with van der Waals surface area (Å²) in [6.45, 7) is 2.02. The topological polar surface area (TPSA) is 92.4 Å². The molecule has 0 spiro atoms. The van der Waals surface area contributed by atoms with E-state index < -0.39 is 17.4 Å². The van der Waals surface area contributed by atoms with Crippen LogP contribution in [-0.2, 0) is 9.59 Å². The maximum Gasteiger partial charge on any atom is 0.326 e. The molecular formula is C9H16N2O3. The molecule has 4 N–H and O–H groups in total.